The maximum Gasteiger partial charge on any atom is 0.201 e. The molecule has 0 saturated heterocycles. The van der Waals surface area contributed by atoms with E-state index in [9.17, 15) is 4.79 Å². The number of benzene rings is 2. The van der Waals surface area contributed by atoms with Crippen molar-refractivity contribution in [1.29, 1.82) is 0 Å². The van der Waals surface area contributed by atoms with Gasteiger partial charge >= 0.3 is 0 Å². The van der Waals surface area contributed by atoms with Gasteiger partial charge in [0, 0.05) is 24.8 Å². The summed E-state index contributed by atoms with van der Waals surface area (Å²) in [6.07, 6.45) is 7.24. The fourth-order valence-electron chi connectivity index (χ4n) is 4.48. The van der Waals surface area contributed by atoms with E-state index in [1.807, 2.05) is 36.7 Å². The summed E-state index contributed by atoms with van der Waals surface area (Å²) < 4.78 is 0. The van der Waals surface area contributed by atoms with Crippen LogP contribution < -0.4 is 0 Å². The number of carbonyl (C=O) groups is 1. The zero-order valence-electron chi connectivity index (χ0n) is 15.4. The predicted molar refractivity (Wildman–Crippen MR) is 116 cm³/mol. The molecule has 2 aliphatic heterocycles. The SMILES string of the molecule is O=C1SC2c3cc(-c4ccncc4)ccc3C1c1cc(-c3ccncc3)ccc12. The monoisotopic (exact) mass is 392 g/mol. The van der Waals surface area contributed by atoms with Gasteiger partial charge in [0.2, 0.25) is 5.12 Å². The molecule has 2 aromatic heterocycles. The first-order valence-corrected chi connectivity index (χ1v) is 10.5. The number of hydrogen-bond acceptors (Lipinski definition) is 4. The molecule has 0 spiro atoms. The van der Waals surface area contributed by atoms with E-state index in [0.717, 1.165) is 27.8 Å². The average Bonchev–Trinajstić information content (AvgIpc) is 2.79. The van der Waals surface area contributed by atoms with E-state index < -0.39 is 0 Å². The van der Waals surface area contributed by atoms with Gasteiger partial charge in [0.15, 0.2) is 0 Å². The summed E-state index contributed by atoms with van der Waals surface area (Å²) in [6, 6.07) is 21.1. The number of nitrogens with zero attached hydrogens (tertiary/aromatic N) is 2. The average molecular weight is 392 g/mol. The molecule has 0 N–H and O–H groups in total. The van der Waals surface area contributed by atoms with Gasteiger partial charge in [-0.05, 0) is 80.9 Å². The molecular weight excluding hydrogens is 376 g/mol. The number of fused-ring (bicyclic) bond motifs is 1. The molecule has 2 aromatic carbocycles. The standard InChI is InChI=1S/C25H16N2OS/c28-25-23-19-3-1-18(16-7-11-27-12-8-16)14-22(19)24(29-25)20-4-2-17(13-21(20)23)15-5-9-26-10-6-15/h1-14,23-24H. The van der Waals surface area contributed by atoms with Crippen LogP contribution in [0.15, 0.2) is 85.5 Å². The Hall–Kier alpha value is -3.24. The third kappa shape index (κ3) is 2.56. The van der Waals surface area contributed by atoms with Crippen LogP contribution in [-0.2, 0) is 4.79 Å². The lowest BCUT2D eigenvalue weighted by molar-refractivity contribution is -0.111. The van der Waals surface area contributed by atoms with E-state index in [4.69, 9.17) is 0 Å². The number of aromatic nitrogens is 2. The van der Waals surface area contributed by atoms with E-state index in [0.29, 0.717) is 0 Å². The molecule has 2 bridgehead atoms. The van der Waals surface area contributed by atoms with Gasteiger partial charge in [0.05, 0.1) is 11.2 Å². The Bertz CT molecular complexity index is 1250. The van der Waals surface area contributed by atoms with Gasteiger partial charge in [-0.1, -0.05) is 36.0 Å². The lowest BCUT2D eigenvalue weighted by Crippen LogP contribution is -2.28. The highest BCUT2D eigenvalue weighted by Gasteiger charge is 2.43. The summed E-state index contributed by atoms with van der Waals surface area (Å²) in [5.74, 6) is -0.191. The van der Waals surface area contributed by atoms with Crippen LogP contribution in [0, 0.1) is 0 Å². The van der Waals surface area contributed by atoms with Crippen molar-refractivity contribution in [1.82, 2.24) is 9.97 Å². The summed E-state index contributed by atoms with van der Waals surface area (Å²) in [4.78, 5) is 21.2. The molecule has 4 heterocycles. The fourth-order valence-corrected chi connectivity index (χ4v) is 5.77. The molecule has 3 nitrogen and oxygen atoms in total. The Kier molecular flexibility index (Phi) is 3.68. The minimum absolute atomic E-state index is 0.0609. The maximum absolute atomic E-state index is 12.9. The minimum Gasteiger partial charge on any atom is -0.286 e. The minimum atomic E-state index is -0.191. The van der Waals surface area contributed by atoms with Crippen LogP contribution in [0.2, 0.25) is 0 Å². The van der Waals surface area contributed by atoms with E-state index >= 15 is 0 Å². The number of thioether (sulfide) groups is 1. The molecule has 7 rings (SSSR count). The first-order valence-electron chi connectivity index (χ1n) is 9.58. The topological polar surface area (TPSA) is 42.9 Å². The number of carbonyl (C=O) groups excluding carboxylic acids is 1. The molecule has 1 aliphatic carbocycles. The molecule has 0 saturated carbocycles. The smallest absolute Gasteiger partial charge is 0.201 e. The second-order valence-corrected chi connectivity index (χ2v) is 8.52. The fraction of sp³-hybridized carbons (Fsp3) is 0.0800. The van der Waals surface area contributed by atoms with Crippen LogP contribution in [0.4, 0.5) is 0 Å². The van der Waals surface area contributed by atoms with Crippen LogP contribution in [-0.4, -0.2) is 15.1 Å². The lowest BCUT2D eigenvalue weighted by atomic mass is 9.76. The highest BCUT2D eigenvalue weighted by molar-refractivity contribution is 8.14. The molecule has 3 aliphatic rings. The van der Waals surface area contributed by atoms with Crippen molar-refractivity contribution in [2.45, 2.75) is 11.2 Å². The van der Waals surface area contributed by atoms with Crippen molar-refractivity contribution in [2.24, 2.45) is 0 Å². The van der Waals surface area contributed by atoms with Gasteiger partial charge in [0.25, 0.3) is 0 Å². The molecular formula is C25H16N2OS. The molecule has 138 valence electrons. The quantitative estimate of drug-likeness (QED) is 0.444. The Morgan fingerprint density at radius 2 is 1.14 bits per heavy atom. The van der Waals surface area contributed by atoms with Crippen LogP contribution in [0.25, 0.3) is 22.3 Å². The molecule has 0 fully saturated rings. The van der Waals surface area contributed by atoms with Gasteiger partial charge in [-0.2, -0.15) is 0 Å². The summed E-state index contributed by atoms with van der Waals surface area (Å²) >= 11 is 1.47. The Labute approximate surface area is 172 Å². The van der Waals surface area contributed by atoms with Crippen molar-refractivity contribution in [3.63, 3.8) is 0 Å². The normalized spacial score (nSPS) is 19.0. The first kappa shape index (κ1) is 16.7. The highest BCUT2D eigenvalue weighted by Crippen LogP contribution is 2.57. The van der Waals surface area contributed by atoms with Crippen LogP contribution in [0.5, 0.6) is 0 Å². The molecule has 4 aromatic rings. The van der Waals surface area contributed by atoms with Crippen molar-refractivity contribution < 1.29 is 4.79 Å². The van der Waals surface area contributed by atoms with E-state index in [1.54, 1.807) is 12.4 Å². The van der Waals surface area contributed by atoms with E-state index in [1.165, 1.54) is 28.5 Å². The molecule has 4 heteroatoms. The first-order chi connectivity index (χ1) is 14.3. The number of pyridine rings is 2. The van der Waals surface area contributed by atoms with Gasteiger partial charge < -0.3 is 0 Å². The summed E-state index contributed by atoms with van der Waals surface area (Å²) in [7, 11) is 0. The summed E-state index contributed by atoms with van der Waals surface area (Å²) in [5.41, 5.74) is 9.39. The van der Waals surface area contributed by atoms with E-state index in [-0.39, 0.29) is 16.3 Å². The van der Waals surface area contributed by atoms with E-state index in [2.05, 4.69) is 46.4 Å². The second kappa shape index (κ2) is 6.39. The zero-order chi connectivity index (χ0) is 19.4. The Morgan fingerprint density at radius 1 is 0.586 bits per heavy atom. The van der Waals surface area contributed by atoms with Crippen molar-refractivity contribution in [3.05, 3.63) is 108 Å². The molecule has 0 radical (unpaired) electrons. The molecule has 2 atom stereocenters. The number of hydrogen-bond donors (Lipinski definition) is 0. The van der Waals surface area contributed by atoms with Crippen LogP contribution >= 0.6 is 11.8 Å². The molecule has 29 heavy (non-hydrogen) atoms. The van der Waals surface area contributed by atoms with Gasteiger partial charge in [-0.3, -0.25) is 14.8 Å². The second-order valence-electron chi connectivity index (χ2n) is 7.41. The molecule has 0 amide bonds. The number of rotatable bonds is 2. The highest BCUT2D eigenvalue weighted by atomic mass is 32.2. The van der Waals surface area contributed by atoms with Crippen molar-refractivity contribution in [2.75, 3.05) is 0 Å². The largest absolute Gasteiger partial charge is 0.286 e. The van der Waals surface area contributed by atoms with Gasteiger partial charge in [-0.25, -0.2) is 0 Å². The van der Waals surface area contributed by atoms with Crippen LogP contribution in [0.1, 0.15) is 33.4 Å². The predicted octanol–water partition coefficient (Wildman–Crippen LogP) is 5.62. The van der Waals surface area contributed by atoms with Gasteiger partial charge in [-0.15, -0.1) is 0 Å². The summed E-state index contributed by atoms with van der Waals surface area (Å²) in [5, 5.41) is 0.310. The Morgan fingerprint density at radius 3 is 1.76 bits per heavy atom. The Balaban J connectivity index is 1.50. The van der Waals surface area contributed by atoms with Crippen molar-refractivity contribution in [3.8, 4) is 22.3 Å². The van der Waals surface area contributed by atoms with Crippen molar-refractivity contribution >= 4 is 16.9 Å². The maximum atomic E-state index is 12.9. The third-order valence-electron chi connectivity index (χ3n) is 5.86. The zero-order valence-corrected chi connectivity index (χ0v) is 16.3. The lowest BCUT2D eigenvalue weighted by Gasteiger charge is -2.39. The summed E-state index contributed by atoms with van der Waals surface area (Å²) in [6.45, 7) is 0. The molecule has 2 unspecified atom stereocenters. The third-order valence-corrected chi connectivity index (χ3v) is 7.07. The van der Waals surface area contributed by atoms with Crippen LogP contribution in [0.3, 0.4) is 0 Å². The van der Waals surface area contributed by atoms with Gasteiger partial charge in [0.1, 0.15) is 0 Å².